The van der Waals surface area contributed by atoms with Crippen molar-refractivity contribution in [3.8, 4) is 0 Å². The maximum atomic E-state index is 3.53. The van der Waals surface area contributed by atoms with Crippen LogP contribution in [0.15, 0.2) is 35.0 Å². The molecular weight excluding hydrogens is 191 g/mol. The van der Waals surface area contributed by atoms with Crippen LogP contribution in [0, 0.1) is 0 Å². The third-order valence-corrected chi connectivity index (χ3v) is 1.65. The van der Waals surface area contributed by atoms with Crippen molar-refractivity contribution in [1.29, 1.82) is 0 Å². The standard InChI is InChI=1S/C6H7.Sn.3H/c1-3-5-6-4-2;;;;/h1,3-6H,2H2;;;;/b3-1?,6-5+;;;;. The Balaban J connectivity index is 3.27. The van der Waals surface area contributed by atoms with E-state index in [9.17, 15) is 0 Å². The first-order valence-corrected chi connectivity index (χ1v) is 5.61. The van der Waals surface area contributed by atoms with Gasteiger partial charge in [-0.2, -0.15) is 0 Å². The van der Waals surface area contributed by atoms with E-state index in [0.29, 0.717) is 22.5 Å². The average Bonchev–Trinajstić information content (AvgIpc) is 1.69. The Bertz CT molecular complexity index is 90.4. The van der Waals surface area contributed by atoms with E-state index in [1.54, 1.807) is 6.08 Å². The van der Waals surface area contributed by atoms with E-state index in [-0.39, 0.29) is 0 Å². The monoisotopic (exact) mass is 202 g/mol. The van der Waals surface area contributed by atoms with Gasteiger partial charge in [0.25, 0.3) is 0 Å². The summed E-state index contributed by atoms with van der Waals surface area (Å²) in [6, 6.07) is 0. The van der Waals surface area contributed by atoms with Crippen molar-refractivity contribution in [2.24, 2.45) is 0 Å². The van der Waals surface area contributed by atoms with E-state index >= 15 is 0 Å². The van der Waals surface area contributed by atoms with Crippen molar-refractivity contribution >= 4 is 22.5 Å². The topological polar surface area (TPSA) is 0 Å². The molecule has 0 spiro atoms. The summed E-state index contributed by atoms with van der Waals surface area (Å²) in [5, 5.41) is 0. The van der Waals surface area contributed by atoms with Crippen LogP contribution in [0.25, 0.3) is 0 Å². The summed E-state index contributed by atoms with van der Waals surface area (Å²) in [4.78, 5) is 0. The molecule has 0 aliphatic carbocycles. The molecule has 0 aromatic carbocycles. The molecule has 0 fully saturated rings. The van der Waals surface area contributed by atoms with Gasteiger partial charge >= 0.3 is 57.5 Å². The van der Waals surface area contributed by atoms with Crippen LogP contribution < -0.4 is 0 Å². The van der Waals surface area contributed by atoms with Gasteiger partial charge in [-0.3, -0.25) is 0 Å². The second kappa shape index (κ2) is 6.02. The molecule has 0 aromatic rings. The Morgan fingerprint density at radius 2 is 1.86 bits per heavy atom. The van der Waals surface area contributed by atoms with E-state index in [0.717, 1.165) is 0 Å². The van der Waals surface area contributed by atoms with Crippen LogP contribution in [0.2, 0.25) is 0 Å². The van der Waals surface area contributed by atoms with E-state index < -0.39 is 0 Å². The Kier molecular flexibility index (Phi) is 6.03. The molecule has 0 bridgehead atoms. The fraction of sp³-hybridized carbons (Fsp3) is 0. The summed E-state index contributed by atoms with van der Waals surface area (Å²) in [6.45, 7) is 3.53. The predicted octanol–water partition coefficient (Wildman–Crippen LogP) is 0.608. The molecule has 0 saturated carbocycles. The Morgan fingerprint density at radius 1 is 1.14 bits per heavy atom. The van der Waals surface area contributed by atoms with Gasteiger partial charge in [0.1, 0.15) is 0 Å². The van der Waals surface area contributed by atoms with Crippen LogP contribution in [0.3, 0.4) is 0 Å². The fourth-order valence-electron chi connectivity index (χ4n) is 0.254. The zero-order valence-electron chi connectivity index (χ0n) is 4.59. The van der Waals surface area contributed by atoms with Crippen LogP contribution in [-0.4, -0.2) is 22.5 Å². The normalized spacial score (nSPS) is 11.4. The van der Waals surface area contributed by atoms with Crippen molar-refractivity contribution < 1.29 is 0 Å². The van der Waals surface area contributed by atoms with Gasteiger partial charge in [-0.1, -0.05) is 0 Å². The molecule has 0 N–H and O–H groups in total. The SMILES string of the molecule is C=C/C=C/C=[CH]/[SnH3]. The number of rotatable bonds is 2. The van der Waals surface area contributed by atoms with Crippen molar-refractivity contribution in [2.45, 2.75) is 0 Å². The number of allylic oxidation sites excluding steroid dienone is 4. The Hall–Kier alpha value is 0.0187. The minimum absolute atomic E-state index is 0.710. The average molecular weight is 201 g/mol. The second-order valence-electron chi connectivity index (χ2n) is 1.15. The molecule has 0 rings (SSSR count). The summed E-state index contributed by atoms with van der Waals surface area (Å²) in [6.07, 6.45) is 7.74. The Morgan fingerprint density at radius 3 is 2.29 bits per heavy atom. The molecule has 0 radical (unpaired) electrons. The van der Waals surface area contributed by atoms with Crippen molar-refractivity contribution in [3.05, 3.63) is 35.0 Å². The first kappa shape index (κ1) is 7.02. The van der Waals surface area contributed by atoms with Gasteiger partial charge < -0.3 is 0 Å². The summed E-state index contributed by atoms with van der Waals surface area (Å²) < 4.78 is 2.18. The van der Waals surface area contributed by atoms with Crippen molar-refractivity contribution in [2.75, 3.05) is 0 Å². The van der Waals surface area contributed by atoms with E-state index in [2.05, 4.69) is 16.7 Å². The fourth-order valence-corrected chi connectivity index (χ4v) is 0.888. The van der Waals surface area contributed by atoms with E-state index in [1.807, 2.05) is 12.2 Å². The van der Waals surface area contributed by atoms with Gasteiger partial charge in [-0.15, -0.1) is 0 Å². The summed E-state index contributed by atoms with van der Waals surface area (Å²) in [7, 11) is 0. The molecule has 0 amide bonds. The van der Waals surface area contributed by atoms with Gasteiger partial charge in [-0.25, -0.2) is 0 Å². The molecular formula is C6H10Sn. The first-order chi connectivity index (χ1) is 3.41. The van der Waals surface area contributed by atoms with E-state index in [4.69, 9.17) is 0 Å². The molecule has 0 aliphatic heterocycles. The van der Waals surface area contributed by atoms with Gasteiger partial charge in [0.05, 0.1) is 0 Å². The maximum absolute atomic E-state index is 3.53. The van der Waals surface area contributed by atoms with Crippen LogP contribution in [0.4, 0.5) is 0 Å². The third-order valence-electron chi connectivity index (χ3n) is 0.551. The summed E-state index contributed by atoms with van der Waals surface area (Å²) >= 11 is 0.710. The van der Waals surface area contributed by atoms with E-state index in [1.165, 1.54) is 0 Å². The summed E-state index contributed by atoms with van der Waals surface area (Å²) in [5.74, 6) is 0. The number of hydrogen-bond acceptors (Lipinski definition) is 0. The van der Waals surface area contributed by atoms with Crippen LogP contribution in [0.5, 0.6) is 0 Å². The Labute approximate surface area is 57.7 Å². The zero-order chi connectivity index (χ0) is 5.54. The molecule has 0 heterocycles. The molecule has 0 aromatic heterocycles. The first-order valence-electron chi connectivity index (χ1n) is 2.32. The van der Waals surface area contributed by atoms with Crippen LogP contribution >= 0.6 is 0 Å². The van der Waals surface area contributed by atoms with Gasteiger partial charge in [0, 0.05) is 0 Å². The molecule has 38 valence electrons. The molecule has 0 nitrogen and oxygen atoms in total. The minimum atomic E-state index is 0.710. The zero-order valence-corrected chi connectivity index (χ0v) is 10.3. The summed E-state index contributed by atoms with van der Waals surface area (Å²) in [5.41, 5.74) is 0. The third kappa shape index (κ3) is 6.02. The van der Waals surface area contributed by atoms with Crippen LogP contribution in [0.1, 0.15) is 0 Å². The molecule has 0 aliphatic rings. The second-order valence-corrected chi connectivity index (χ2v) is 3.05. The molecule has 7 heavy (non-hydrogen) atoms. The molecule has 0 atom stereocenters. The van der Waals surface area contributed by atoms with Crippen LogP contribution in [-0.2, 0) is 0 Å². The van der Waals surface area contributed by atoms with Gasteiger partial charge in [0.15, 0.2) is 0 Å². The van der Waals surface area contributed by atoms with Crippen molar-refractivity contribution in [1.82, 2.24) is 0 Å². The molecule has 0 saturated heterocycles. The quantitative estimate of drug-likeness (QED) is 0.453. The van der Waals surface area contributed by atoms with Gasteiger partial charge in [0.2, 0.25) is 0 Å². The number of hydrogen-bond donors (Lipinski definition) is 0. The van der Waals surface area contributed by atoms with Gasteiger partial charge in [-0.05, 0) is 0 Å². The van der Waals surface area contributed by atoms with Crippen molar-refractivity contribution in [3.63, 3.8) is 0 Å². The predicted molar refractivity (Wildman–Crippen MR) is 38.4 cm³/mol. The molecule has 0 unspecified atom stereocenters. The molecule has 1 heteroatoms.